The summed E-state index contributed by atoms with van der Waals surface area (Å²) < 4.78 is 2.31. The third kappa shape index (κ3) is 2.75. The van der Waals surface area contributed by atoms with Crippen LogP contribution in [0.25, 0.3) is 10.9 Å². The van der Waals surface area contributed by atoms with E-state index in [1.807, 2.05) is 24.5 Å². The van der Waals surface area contributed by atoms with E-state index < -0.39 is 0 Å². The van der Waals surface area contributed by atoms with Gasteiger partial charge >= 0.3 is 0 Å². The molecular weight excluding hydrogens is 288 g/mol. The Morgan fingerprint density at radius 1 is 1.30 bits per heavy atom. The number of fused-ring (bicyclic) bond motifs is 1. The number of benzene rings is 1. The Hall–Kier alpha value is -1.29. The van der Waals surface area contributed by atoms with Crippen LogP contribution in [0.1, 0.15) is 10.4 Å². The second-order valence-electron chi connectivity index (χ2n) is 4.87. The van der Waals surface area contributed by atoms with Crippen molar-refractivity contribution < 1.29 is 0 Å². The molecule has 0 unspecified atom stereocenters. The number of aromatic nitrogens is 1. The molecule has 2 heterocycles. The Kier molecular flexibility index (Phi) is 4.10. The fourth-order valence-electron chi connectivity index (χ4n) is 2.54. The number of hydrogen-bond acceptors (Lipinski definition) is 2. The first kappa shape index (κ1) is 13.7. The summed E-state index contributed by atoms with van der Waals surface area (Å²) in [5.41, 5.74) is 2.55. The fraction of sp³-hybridized carbons (Fsp3) is 0.250. The molecule has 0 bridgehead atoms. The molecule has 0 aliphatic heterocycles. The average molecular weight is 305 g/mol. The summed E-state index contributed by atoms with van der Waals surface area (Å²) in [6.45, 7) is 1.87. The van der Waals surface area contributed by atoms with Gasteiger partial charge in [-0.25, -0.2) is 0 Å². The van der Waals surface area contributed by atoms with Gasteiger partial charge in [-0.05, 0) is 42.6 Å². The maximum Gasteiger partial charge on any atom is 0.0498 e. The monoisotopic (exact) mass is 304 g/mol. The van der Waals surface area contributed by atoms with Gasteiger partial charge in [0.25, 0.3) is 0 Å². The van der Waals surface area contributed by atoms with Crippen molar-refractivity contribution in [3.05, 3.63) is 57.4 Å². The van der Waals surface area contributed by atoms with Crippen molar-refractivity contribution in [2.75, 3.05) is 7.05 Å². The van der Waals surface area contributed by atoms with Crippen molar-refractivity contribution in [3.63, 3.8) is 0 Å². The van der Waals surface area contributed by atoms with Crippen LogP contribution in [0.2, 0.25) is 5.02 Å². The lowest BCUT2D eigenvalue weighted by molar-refractivity contribution is 0.721. The van der Waals surface area contributed by atoms with Gasteiger partial charge in [0, 0.05) is 40.1 Å². The van der Waals surface area contributed by atoms with Gasteiger partial charge in [-0.2, -0.15) is 0 Å². The van der Waals surface area contributed by atoms with Gasteiger partial charge in [-0.15, -0.1) is 11.3 Å². The Bertz CT molecular complexity index is 701. The lowest BCUT2D eigenvalue weighted by Crippen LogP contribution is -2.04. The molecule has 0 amide bonds. The van der Waals surface area contributed by atoms with E-state index in [1.54, 1.807) is 0 Å². The van der Waals surface area contributed by atoms with Crippen LogP contribution in [-0.2, 0) is 19.5 Å². The van der Waals surface area contributed by atoms with E-state index in [0.29, 0.717) is 0 Å². The Morgan fingerprint density at radius 2 is 2.20 bits per heavy atom. The molecular formula is C16H17ClN2S. The highest BCUT2D eigenvalue weighted by molar-refractivity contribution is 7.09. The summed E-state index contributed by atoms with van der Waals surface area (Å²) in [5.74, 6) is 0. The molecule has 0 radical (unpaired) electrons. The molecule has 0 aliphatic carbocycles. The first-order valence-corrected chi connectivity index (χ1v) is 7.98. The van der Waals surface area contributed by atoms with Crippen LogP contribution >= 0.6 is 22.9 Å². The predicted molar refractivity (Wildman–Crippen MR) is 87.7 cm³/mol. The number of thiophene rings is 1. The van der Waals surface area contributed by atoms with Gasteiger partial charge in [0.2, 0.25) is 0 Å². The van der Waals surface area contributed by atoms with Crippen LogP contribution < -0.4 is 5.32 Å². The molecule has 0 saturated heterocycles. The molecule has 0 saturated carbocycles. The predicted octanol–water partition coefficient (Wildman–Crippen LogP) is 4.32. The molecule has 3 rings (SSSR count). The standard InChI is InChI=1S/C16H17ClN2S/c1-18-10-12-11-19(7-6-14-3-2-8-20-14)16-9-13(17)4-5-15(12)16/h2-5,8-9,11,18H,6-7,10H2,1H3. The van der Waals surface area contributed by atoms with Gasteiger partial charge < -0.3 is 9.88 Å². The van der Waals surface area contributed by atoms with Crippen molar-refractivity contribution in [1.82, 2.24) is 9.88 Å². The molecule has 0 fully saturated rings. The first-order valence-electron chi connectivity index (χ1n) is 6.72. The van der Waals surface area contributed by atoms with Crippen LogP contribution in [-0.4, -0.2) is 11.6 Å². The molecule has 1 aromatic carbocycles. The molecule has 104 valence electrons. The summed E-state index contributed by atoms with van der Waals surface area (Å²) >= 11 is 7.97. The first-order chi connectivity index (χ1) is 9.78. The number of rotatable bonds is 5. The van der Waals surface area contributed by atoms with Crippen molar-refractivity contribution >= 4 is 33.8 Å². The molecule has 2 nitrogen and oxygen atoms in total. The third-order valence-corrected chi connectivity index (χ3v) is 4.64. The number of hydrogen-bond donors (Lipinski definition) is 1. The lowest BCUT2D eigenvalue weighted by atomic mass is 10.2. The highest BCUT2D eigenvalue weighted by Gasteiger charge is 2.08. The molecule has 0 spiro atoms. The number of halogens is 1. The summed E-state index contributed by atoms with van der Waals surface area (Å²) in [6.07, 6.45) is 3.30. The van der Waals surface area contributed by atoms with Crippen molar-refractivity contribution in [2.24, 2.45) is 0 Å². The maximum absolute atomic E-state index is 6.15. The molecule has 0 aliphatic rings. The van der Waals surface area contributed by atoms with Crippen LogP contribution in [0.3, 0.4) is 0 Å². The topological polar surface area (TPSA) is 17.0 Å². The Labute approximate surface area is 128 Å². The van der Waals surface area contributed by atoms with Crippen LogP contribution in [0.5, 0.6) is 0 Å². The van der Waals surface area contributed by atoms with Gasteiger partial charge in [0.1, 0.15) is 0 Å². The van der Waals surface area contributed by atoms with Gasteiger partial charge in [0.15, 0.2) is 0 Å². The van der Waals surface area contributed by atoms with Crippen LogP contribution in [0.4, 0.5) is 0 Å². The zero-order valence-corrected chi connectivity index (χ0v) is 13.0. The van der Waals surface area contributed by atoms with Crippen molar-refractivity contribution in [1.29, 1.82) is 0 Å². The normalized spacial score (nSPS) is 11.3. The quantitative estimate of drug-likeness (QED) is 0.743. The Balaban J connectivity index is 1.94. The molecule has 20 heavy (non-hydrogen) atoms. The average Bonchev–Trinajstić information content (AvgIpc) is 3.05. The minimum absolute atomic E-state index is 0.795. The SMILES string of the molecule is CNCc1cn(CCc2cccs2)c2cc(Cl)ccc12. The van der Waals surface area contributed by atoms with E-state index in [0.717, 1.165) is 24.5 Å². The number of nitrogens with zero attached hydrogens (tertiary/aromatic N) is 1. The fourth-order valence-corrected chi connectivity index (χ4v) is 3.41. The van der Waals surface area contributed by atoms with Crippen molar-refractivity contribution in [2.45, 2.75) is 19.5 Å². The van der Waals surface area contributed by atoms with Gasteiger partial charge in [-0.3, -0.25) is 0 Å². The van der Waals surface area contributed by atoms with Crippen LogP contribution in [0, 0.1) is 0 Å². The zero-order valence-electron chi connectivity index (χ0n) is 11.4. The maximum atomic E-state index is 6.15. The molecule has 0 atom stereocenters. The van der Waals surface area contributed by atoms with E-state index in [9.17, 15) is 0 Å². The second kappa shape index (κ2) is 6.00. The largest absolute Gasteiger partial charge is 0.347 e. The second-order valence-corrected chi connectivity index (χ2v) is 6.34. The molecule has 4 heteroatoms. The summed E-state index contributed by atoms with van der Waals surface area (Å²) in [6, 6.07) is 10.4. The number of aryl methyl sites for hydroxylation is 2. The minimum atomic E-state index is 0.795. The van der Waals surface area contributed by atoms with E-state index in [1.165, 1.54) is 21.3 Å². The molecule has 3 aromatic rings. The summed E-state index contributed by atoms with van der Waals surface area (Å²) in [5, 5.41) is 7.44. The zero-order chi connectivity index (χ0) is 13.9. The Morgan fingerprint density at radius 3 is 2.95 bits per heavy atom. The molecule has 2 aromatic heterocycles. The highest BCUT2D eigenvalue weighted by Crippen LogP contribution is 2.25. The lowest BCUT2D eigenvalue weighted by Gasteiger charge is -2.04. The summed E-state index contributed by atoms with van der Waals surface area (Å²) in [4.78, 5) is 1.42. The van der Waals surface area contributed by atoms with E-state index >= 15 is 0 Å². The smallest absolute Gasteiger partial charge is 0.0498 e. The van der Waals surface area contributed by atoms with E-state index in [4.69, 9.17) is 11.6 Å². The number of nitrogens with one attached hydrogen (secondary N) is 1. The summed E-state index contributed by atoms with van der Waals surface area (Å²) in [7, 11) is 1.98. The van der Waals surface area contributed by atoms with E-state index in [-0.39, 0.29) is 0 Å². The third-order valence-electron chi connectivity index (χ3n) is 3.47. The highest BCUT2D eigenvalue weighted by atomic mass is 35.5. The van der Waals surface area contributed by atoms with Gasteiger partial charge in [-0.1, -0.05) is 23.7 Å². The molecule has 1 N–H and O–H groups in total. The van der Waals surface area contributed by atoms with Crippen LogP contribution in [0.15, 0.2) is 41.9 Å². The van der Waals surface area contributed by atoms with E-state index in [2.05, 4.69) is 45.7 Å². The minimum Gasteiger partial charge on any atom is -0.347 e. The van der Waals surface area contributed by atoms with Crippen molar-refractivity contribution in [3.8, 4) is 0 Å². The van der Waals surface area contributed by atoms with Gasteiger partial charge in [0.05, 0.1) is 0 Å².